The van der Waals surface area contributed by atoms with Crippen LogP contribution in [-0.2, 0) is 4.74 Å². The number of carbonyl (C=O) groups excluding carboxylic acids is 1. The standard InChI is InChI=1S/C22H28N2O3/c1-3-27-20-10-8-19(9-11-20)22(25)23-21(16-24-12-14-26-15-13-24)18-6-4-17(2)5-7-18/h4-11,21H,3,12-16H2,1-2H3,(H,23,25)/t21-/m1/s1. The van der Waals surface area contributed by atoms with Gasteiger partial charge >= 0.3 is 0 Å². The third kappa shape index (κ3) is 5.55. The fourth-order valence-corrected chi connectivity index (χ4v) is 3.19. The Balaban J connectivity index is 1.72. The maximum atomic E-state index is 12.8. The first-order valence-corrected chi connectivity index (χ1v) is 9.56. The molecule has 0 spiro atoms. The number of carbonyl (C=O) groups is 1. The number of ether oxygens (including phenoxy) is 2. The highest BCUT2D eigenvalue weighted by molar-refractivity contribution is 5.94. The Labute approximate surface area is 161 Å². The summed E-state index contributed by atoms with van der Waals surface area (Å²) in [5.74, 6) is 0.703. The van der Waals surface area contributed by atoms with Crippen LogP contribution >= 0.6 is 0 Å². The molecule has 2 aromatic rings. The zero-order valence-corrected chi connectivity index (χ0v) is 16.1. The van der Waals surface area contributed by atoms with E-state index < -0.39 is 0 Å². The first-order valence-electron chi connectivity index (χ1n) is 9.56. The first-order chi connectivity index (χ1) is 13.2. The highest BCUT2D eigenvalue weighted by atomic mass is 16.5. The van der Waals surface area contributed by atoms with Gasteiger partial charge in [0.15, 0.2) is 0 Å². The second-order valence-corrected chi connectivity index (χ2v) is 6.81. The second kappa shape index (κ2) is 9.53. The zero-order chi connectivity index (χ0) is 19.1. The molecule has 1 atom stereocenters. The van der Waals surface area contributed by atoms with Crippen LogP contribution in [0.15, 0.2) is 48.5 Å². The molecule has 2 aromatic carbocycles. The highest BCUT2D eigenvalue weighted by Gasteiger charge is 2.20. The van der Waals surface area contributed by atoms with E-state index in [4.69, 9.17) is 9.47 Å². The quantitative estimate of drug-likeness (QED) is 0.815. The maximum Gasteiger partial charge on any atom is 0.251 e. The number of aryl methyl sites for hydroxylation is 1. The molecule has 1 saturated heterocycles. The molecule has 1 N–H and O–H groups in total. The molecule has 5 heteroatoms. The van der Waals surface area contributed by atoms with Gasteiger partial charge in [0.25, 0.3) is 5.91 Å². The number of hydrogen-bond acceptors (Lipinski definition) is 4. The lowest BCUT2D eigenvalue weighted by Gasteiger charge is -2.31. The summed E-state index contributed by atoms with van der Waals surface area (Å²) in [5.41, 5.74) is 2.96. The molecular weight excluding hydrogens is 340 g/mol. The Hall–Kier alpha value is -2.37. The van der Waals surface area contributed by atoms with Gasteiger partial charge in [-0.3, -0.25) is 9.69 Å². The Morgan fingerprint density at radius 1 is 1.11 bits per heavy atom. The Bertz CT molecular complexity index is 722. The molecule has 1 heterocycles. The number of nitrogens with one attached hydrogen (secondary N) is 1. The lowest BCUT2D eigenvalue weighted by atomic mass is 10.0. The summed E-state index contributed by atoms with van der Waals surface area (Å²) in [6.45, 7) is 8.66. The minimum absolute atomic E-state index is 0.0669. The molecule has 1 aliphatic rings. The number of morpholine rings is 1. The average Bonchev–Trinajstić information content (AvgIpc) is 2.70. The van der Waals surface area contributed by atoms with E-state index >= 15 is 0 Å². The topological polar surface area (TPSA) is 50.8 Å². The fraction of sp³-hybridized carbons (Fsp3) is 0.409. The molecule has 0 unspecified atom stereocenters. The second-order valence-electron chi connectivity index (χ2n) is 6.81. The van der Waals surface area contributed by atoms with Crippen LogP contribution in [0, 0.1) is 6.92 Å². The molecule has 0 radical (unpaired) electrons. The molecule has 0 aromatic heterocycles. The van der Waals surface area contributed by atoms with Gasteiger partial charge in [-0.1, -0.05) is 29.8 Å². The maximum absolute atomic E-state index is 12.8. The van der Waals surface area contributed by atoms with Gasteiger partial charge in [0.2, 0.25) is 0 Å². The van der Waals surface area contributed by atoms with E-state index in [1.54, 1.807) is 12.1 Å². The SMILES string of the molecule is CCOc1ccc(C(=O)N[C@H](CN2CCOCC2)c2ccc(C)cc2)cc1. The molecule has 0 aliphatic carbocycles. The van der Waals surface area contributed by atoms with Crippen molar-refractivity contribution in [3.8, 4) is 5.75 Å². The van der Waals surface area contributed by atoms with Gasteiger partial charge in [-0.15, -0.1) is 0 Å². The van der Waals surface area contributed by atoms with Crippen molar-refractivity contribution in [3.05, 3.63) is 65.2 Å². The van der Waals surface area contributed by atoms with E-state index in [1.165, 1.54) is 5.56 Å². The van der Waals surface area contributed by atoms with Gasteiger partial charge in [0, 0.05) is 25.2 Å². The van der Waals surface area contributed by atoms with E-state index in [1.807, 2.05) is 19.1 Å². The van der Waals surface area contributed by atoms with Crippen molar-refractivity contribution >= 4 is 5.91 Å². The Kier molecular flexibility index (Phi) is 6.85. The van der Waals surface area contributed by atoms with Crippen molar-refractivity contribution in [2.45, 2.75) is 19.9 Å². The van der Waals surface area contributed by atoms with Crippen LogP contribution < -0.4 is 10.1 Å². The van der Waals surface area contributed by atoms with Gasteiger partial charge < -0.3 is 14.8 Å². The summed E-state index contributed by atoms with van der Waals surface area (Å²) in [6.07, 6.45) is 0. The van der Waals surface area contributed by atoms with Crippen molar-refractivity contribution in [1.82, 2.24) is 10.2 Å². The number of amides is 1. The van der Waals surface area contributed by atoms with Gasteiger partial charge in [-0.05, 0) is 43.7 Å². The van der Waals surface area contributed by atoms with Crippen LogP contribution in [0.3, 0.4) is 0 Å². The van der Waals surface area contributed by atoms with Crippen molar-refractivity contribution in [3.63, 3.8) is 0 Å². The number of benzene rings is 2. The van der Waals surface area contributed by atoms with Gasteiger partial charge in [-0.25, -0.2) is 0 Å². The lowest BCUT2D eigenvalue weighted by Crippen LogP contribution is -2.43. The molecule has 144 valence electrons. The Morgan fingerprint density at radius 2 is 1.78 bits per heavy atom. The van der Waals surface area contributed by atoms with E-state index in [9.17, 15) is 4.79 Å². The van der Waals surface area contributed by atoms with Crippen molar-refractivity contribution < 1.29 is 14.3 Å². The van der Waals surface area contributed by atoms with Crippen LogP contribution in [0.4, 0.5) is 0 Å². The summed E-state index contributed by atoms with van der Waals surface area (Å²) in [5, 5.41) is 3.21. The molecule has 27 heavy (non-hydrogen) atoms. The third-order valence-corrected chi connectivity index (χ3v) is 4.76. The van der Waals surface area contributed by atoms with Crippen LogP contribution in [0.2, 0.25) is 0 Å². The predicted molar refractivity (Wildman–Crippen MR) is 106 cm³/mol. The predicted octanol–water partition coefficient (Wildman–Crippen LogP) is 3.20. The molecule has 0 saturated carbocycles. The smallest absolute Gasteiger partial charge is 0.251 e. The van der Waals surface area contributed by atoms with E-state index in [0.29, 0.717) is 12.2 Å². The van der Waals surface area contributed by atoms with Crippen molar-refractivity contribution in [2.24, 2.45) is 0 Å². The minimum Gasteiger partial charge on any atom is -0.494 e. The zero-order valence-electron chi connectivity index (χ0n) is 16.1. The van der Waals surface area contributed by atoms with Gasteiger partial charge in [0.05, 0.1) is 25.9 Å². The average molecular weight is 368 g/mol. The fourth-order valence-electron chi connectivity index (χ4n) is 3.19. The van der Waals surface area contributed by atoms with Crippen molar-refractivity contribution in [2.75, 3.05) is 39.5 Å². The van der Waals surface area contributed by atoms with Crippen LogP contribution in [0.5, 0.6) is 5.75 Å². The molecule has 3 rings (SSSR count). The molecule has 1 fully saturated rings. The van der Waals surface area contributed by atoms with E-state index in [-0.39, 0.29) is 11.9 Å². The van der Waals surface area contributed by atoms with Gasteiger partial charge in [-0.2, -0.15) is 0 Å². The molecule has 5 nitrogen and oxygen atoms in total. The summed E-state index contributed by atoms with van der Waals surface area (Å²) in [7, 11) is 0. The minimum atomic E-state index is -0.0723. The summed E-state index contributed by atoms with van der Waals surface area (Å²) in [6, 6.07) is 15.6. The van der Waals surface area contributed by atoms with Crippen LogP contribution in [0.1, 0.15) is 34.5 Å². The largest absolute Gasteiger partial charge is 0.494 e. The summed E-state index contributed by atoms with van der Waals surface area (Å²) in [4.78, 5) is 15.2. The van der Waals surface area contributed by atoms with Crippen LogP contribution in [-0.4, -0.2) is 50.3 Å². The highest BCUT2D eigenvalue weighted by Crippen LogP contribution is 2.18. The Morgan fingerprint density at radius 3 is 2.41 bits per heavy atom. The first kappa shape index (κ1) is 19.4. The molecule has 1 amide bonds. The number of nitrogens with zero attached hydrogens (tertiary/aromatic N) is 1. The number of rotatable bonds is 7. The molecule has 0 bridgehead atoms. The normalized spacial score (nSPS) is 15.9. The number of hydrogen-bond donors (Lipinski definition) is 1. The molecule has 1 aliphatic heterocycles. The monoisotopic (exact) mass is 368 g/mol. The third-order valence-electron chi connectivity index (χ3n) is 4.76. The van der Waals surface area contributed by atoms with E-state index in [2.05, 4.69) is 41.4 Å². The van der Waals surface area contributed by atoms with Crippen LogP contribution in [0.25, 0.3) is 0 Å². The summed E-state index contributed by atoms with van der Waals surface area (Å²) >= 11 is 0. The van der Waals surface area contributed by atoms with Gasteiger partial charge in [0.1, 0.15) is 5.75 Å². The lowest BCUT2D eigenvalue weighted by molar-refractivity contribution is 0.0332. The summed E-state index contributed by atoms with van der Waals surface area (Å²) < 4.78 is 10.9. The van der Waals surface area contributed by atoms with E-state index in [0.717, 1.165) is 44.2 Å². The molecular formula is C22H28N2O3. The van der Waals surface area contributed by atoms with Crippen molar-refractivity contribution in [1.29, 1.82) is 0 Å².